The van der Waals surface area contributed by atoms with Crippen molar-refractivity contribution in [2.75, 3.05) is 25.6 Å². The SMILES string of the molecule is COCCCNc1nc(-c2ccccc2)nc2ccccc12.Cl. The second-order valence-corrected chi connectivity index (χ2v) is 5.05. The summed E-state index contributed by atoms with van der Waals surface area (Å²) in [4.78, 5) is 9.38. The Hall–Kier alpha value is -2.17. The number of rotatable bonds is 6. The zero-order valence-corrected chi connectivity index (χ0v) is 13.8. The second-order valence-electron chi connectivity index (χ2n) is 5.05. The highest BCUT2D eigenvalue weighted by molar-refractivity contribution is 5.90. The Morgan fingerprint density at radius 1 is 0.957 bits per heavy atom. The van der Waals surface area contributed by atoms with Crippen LogP contribution in [-0.2, 0) is 4.74 Å². The number of nitrogens with zero attached hydrogens (tertiary/aromatic N) is 2. The molecule has 0 aliphatic rings. The topological polar surface area (TPSA) is 47.0 Å². The zero-order chi connectivity index (χ0) is 15.2. The van der Waals surface area contributed by atoms with Crippen LogP contribution in [0.1, 0.15) is 6.42 Å². The predicted octanol–water partition coefficient (Wildman–Crippen LogP) is 4.17. The first-order valence-electron chi connectivity index (χ1n) is 7.43. The predicted molar refractivity (Wildman–Crippen MR) is 97.2 cm³/mol. The molecule has 0 radical (unpaired) electrons. The minimum atomic E-state index is 0. The summed E-state index contributed by atoms with van der Waals surface area (Å²) in [7, 11) is 1.72. The van der Waals surface area contributed by atoms with Gasteiger partial charge in [0.1, 0.15) is 5.82 Å². The lowest BCUT2D eigenvalue weighted by Gasteiger charge is -2.10. The Balaban J connectivity index is 0.00000192. The third-order valence-corrected chi connectivity index (χ3v) is 3.45. The van der Waals surface area contributed by atoms with E-state index in [1.807, 2.05) is 54.6 Å². The fourth-order valence-corrected chi connectivity index (χ4v) is 2.35. The maximum Gasteiger partial charge on any atom is 0.162 e. The minimum Gasteiger partial charge on any atom is -0.385 e. The molecule has 3 rings (SSSR count). The van der Waals surface area contributed by atoms with E-state index in [-0.39, 0.29) is 12.4 Å². The summed E-state index contributed by atoms with van der Waals surface area (Å²) in [6, 6.07) is 18.1. The van der Waals surface area contributed by atoms with E-state index in [4.69, 9.17) is 9.72 Å². The highest BCUT2D eigenvalue weighted by atomic mass is 35.5. The van der Waals surface area contributed by atoms with E-state index in [1.165, 1.54) is 0 Å². The minimum absolute atomic E-state index is 0. The standard InChI is InChI=1S/C18H19N3O.ClH/c1-22-13-7-12-19-18-15-10-5-6-11-16(15)20-17(21-18)14-8-3-2-4-9-14;/h2-6,8-11H,7,12-13H2,1H3,(H,19,20,21);1H. The van der Waals surface area contributed by atoms with E-state index in [2.05, 4.69) is 10.3 Å². The number of para-hydroxylation sites is 1. The smallest absolute Gasteiger partial charge is 0.162 e. The molecule has 2 aromatic carbocycles. The Labute approximate surface area is 142 Å². The molecule has 0 aliphatic carbocycles. The molecule has 1 heterocycles. The molecule has 0 saturated carbocycles. The third kappa shape index (κ3) is 4.18. The van der Waals surface area contributed by atoms with E-state index in [9.17, 15) is 0 Å². The second kappa shape index (κ2) is 8.46. The summed E-state index contributed by atoms with van der Waals surface area (Å²) >= 11 is 0. The zero-order valence-electron chi connectivity index (χ0n) is 13.0. The molecule has 0 spiro atoms. The van der Waals surface area contributed by atoms with Gasteiger partial charge in [-0.15, -0.1) is 12.4 Å². The first-order valence-corrected chi connectivity index (χ1v) is 7.43. The number of hydrogen-bond acceptors (Lipinski definition) is 4. The van der Waals surface area contributed by atoms with E-state index in [0.29, 0.717) is 0 Å². The van der Waals surface area contributed by atoms with Gasteiger partial charge in [0.2, 0.25) is 0 Å². The lowest BCUT2D eigenvalue weighted by atomic mass is 10.2. The lowest BCUT2D eigenvalue weighted by Crippen LogP contribution is -2.07. The van der Waals surface area contributed by atoms with Crippen LogP contribution in [0, 0.1) is 0 Å². The highest BCUT2D eigenvalue weighted by Crippen LogP contribution is 2.24. The summed E-state index contributed by atoms with van der Waals surface area (Å²) in [6.45, 7) is 1.56. The molecule has 4 nitrogen and oxygen atoms in total. The van der Waals surface area contributed by atoms with Gasteiger partial charge in [-0.3, -0.25) is 0 Å². The van der Waals surface area contributed by atoms with E-state index in [0.717, 1.165) is 47.7 Å². The lowest BCUT2D eigenvalue weighted by molar-refractivity contribution is 0.198. The van der Waals surface area contributed by atoms with Crippen molar-refractivity contribution in [2.45, 2.75) is 6.42 Å². The summed E-state index contributed by atoms with van der Waals surface area (Å²) in [5.74, 6) is 1.62. The van der Waals surface area contributed by atoms with Crippen molar-refractivity contribution in [1.29, 1.82) is 0 Å². The maximum absolute atomic E-state index is 5.09. The van der Waals surface area contributed by atoms with Gasteiger partial charge in [0.05, 0.1) is 5.52 Å². The number of halogens is 1. The number of fused-ring (bicyclic) bond motifs is 1. The van der Waals surface area contributed by atoms with Crippen molar-refractivity contribution in [2.24, 2.45) is 0 Å². The molecule has 1 N–H and O–H groups in total. The summed E-state index contributed by atoms with van der Waals surface area (Å²) in [5, 5.41) is 4.44. The van der Waals surface area contributed by atoms with Crippen molar-refractivity contribution >= 4 is 29.1 Å². The first kappa shape index (κ1) is 17.2. The van der Waals surface area contributed by atoms with Gasteiger partial charge in [-0.05, 0) is 18.6 Å². The van der Waals surface area contributed by atoms with Gasteiger partial charge in [0.15, 0.2) is 5.82 Å². The van der Waals surface area contributed by atoms with Gasteiger partial charge in [-0.2, -0.15) is 0 Å². The molecule has 0 fully saturated rings. The van der Waals surface area contributed by atoms with Crippen LogP contribution >= 0.6 is 12.4 Å². The van der Waals surface area contributed by atoms with Crippen LogP contribution in [0.4, 0.5) is 5.82 Å². The van der Waals surface area contributed by atoms with Crippen molar-refractivity contribution < 1.29 is 4.74 Å². The normalized spacial score (nSPS) is 10.3. The fourth-order valence-electron chi connectivity index (χ4n) is 2.35. The molecule has 0 unspecified atom stereocenters. The Morgan fingerprint density at radius 2 is 1.70 bits per heavy atom. The molecular formula is C18H20ClN3O. The van der Waals surface area contributed by atoms with Crippen molar-refractivity contribution in [3.63, 3.8) is 0 Å². The van der Waals surface area contributed by atoms with Crippen LogP contribution in [-0.4, -0.2) is 30.2 Å². The van der Waals surface area contributed by atoms with Crippen LogP contribution in [0.15, 0.2) is 54.6 Å². The average molecular weight is 330 g/mol. The molecule has 1 aromatic heterocycles. The Morgan fingerprint density at radius 3 is 2.48 bits per heavy atom. The van der Waals surface area contributed by atoms with E-state index < -0.39 is 0 Å². The number of hydrogen-bond donors (Lipinski definition) is 1. The van der Waals surface area contributed by atoms with Crippen LogP contribution < -0.4 is 5.32 Å². The maximum atomic E-state index is 5.09. The van der Waals surface area contributed by atoms with Gasteiger partial charge in [0.25, 0.3) is 0 Å². The summed E-state index contributed by atoms with van der Waals surface area (Å²) < 4.78 is 5.09. The third-order valence-electron chi connectivity index (χ3n) is 3.45. The van der Waals surface area contributed by atoms with E-state index >= 15 is 0 Å². The monoisotopic (exact) mass is 329 g/mol. The number of nitrogens with one attached hydrogen (secondary N) is 1. The molecule has 120 valence electrons. The van der Waals surface area contributed by atoms with Crippen molar-refractivity contribution in [3.8, 4) is 11.4 Å². The highest BCUT2D eigenvalue weighted by Gasteiger charge is 2.08. The molecule has 23 heavy (non-hydrogen) atoms. The first-order chi connectivity index (χ1) is 10.9. The van der Waals surface area contributed by atoms with Gasteiger partial charge in [0, 0.05) is 31.2 Å². The van der Waals surface area contributed by atoms with Gasteiger partial charge >= 0.3 is 0 Å². The molecule has 0 amide bonds. The average Bonchev–Trinajstić information content (AvgIpc) is 2.59. The fraction of sp³-hybridized carbons (Fsp3) is 0.222. The molecule has 3 aromatic rings. The van der Waals surface area contributed by atoms with Crippen LogP contribution in [0.3, 0.4) is 0 Å². The van der Waals surface area contributed by atoms with Crippen LogP contribution in [0.2, 0.25) is 0 Å². The summed E-state index contributed by atoms with van der Waals surface area (Å²) in [5.41, 5.74) is 1.97. The number of methoxy groups -OCH3 is 1. The van der Waals surface area contributed by atoms with E-state index in [1.54, 1.807) is 7.11 Å². The Bertz CT molecular complexity index is 750. The van der Waals surface area contributed by atoms with Crippen molar-refractivity contribution in [1.82, 2.24) is 9.97 Å². The van der Waals surface area contributed by atoms with Crippen molar-refractivity contribution in [3.05, 3.63) is 54.6 Å². The molecule has 0 aliphatic heterocycles. The molecular weight excluding hydrogens is 310 g/mol. The van der Waals surface area contributed by atoms with Crippen LogP contribution in [0.5, 0.6) is 0 Å². The van der Waals surface area contributed by atoms with Gasteiger partial charge in [-0.25, -0.2) is 9.97 Å². The van der Waals surface area contributed by atoms with Gasteiger partial charge in [-0.1, -0.05) is 42.5 Å². The van der Waals surface area contributed by atoms with Crippen LogP contribution in [0.25, 0.3) is 22.3 Å². The van der Waals surface area contributed by atoms with Gasteiger partial charge < -0.3 is 10.1 Å². The number of ether oxygens (including phenoxy) is 1. The number of anilines is 1. The number of benzene rings is 2. The summed E-state index contributed by atoms with van der Waals surface area (Å²) in [6.07, 6.45) is 0.940. The largest absolute Gasteiger partial charge is 0.385 e. The Kier molecular flexibility index (Phi) is 6.32. The molecule has 0 atom stereocenters. The quantitative estimate of drug-likeness (QED) is 0.690. The molecule has 5 heteroatoms. The molecule has 0 bridgehead atoms. The molecule has 0 saturated heterocycles. The number of aromatic nitrogens is 2.